The van der Waals surface area contributed by atoms with Crippen LogP contribution in [0.5, 0.6) is 5.75 Å². The van der Waals surface area contributed by atoms with Crippen molar-refractivity contribution in [1.29, 1.82) is 0 Å². The van der Waals surface area contributed by atoms with Gasteiger partial charge in [-0.1, -0.05) is 34.1 Å². The lowest BCUT2D eigenvalue weighted by atomic mass is 10.3. The number of ether oxygens (including phenoxy) is 1. The first kappa shape index (κ1) is 17.3. The number of aliphatic hydroxyl groups excluding tert-OH is 1. The van der Waals surface area contributed by atoms with E-state index in [1.807, 2.05) is 42.5 Å². The first-order valence-electron chi connectivity index (χ1n) is 7.19. The Bertz CT molecular complexity index is 536. The minimum atomic E-state index is -0.502. The summed E-state index contributed by atoms with van der Waals surface area (Å²) in [5, 5.41) is 13.1. The topological polar surface area (TPSA) is 41.5 Å². The molecule has 1 atom stereocenters. The first-order chi connectivity index (χ1) is 10.7. The van der Waals surface area contributed by atoms with E-state index in [1.54, 1.807) is 11.8 Å². The third-order valence-corrected chi connectivity index (χ3v) is 4.47. The lowest BCUT2D eigenvalue weighted by molar-refractivity contribution is 0.107. The summed E-state index contributed by atoms with van der Waals surface area (Å²) in [4.78, 5) is 1.25. The van der Waals surface area contributed by atoms with Gasteiger partial charge in [0, 0.05) is 28.2 Å². The van der Waals surface area contributed by atoms with Crippen LogP contribution in [-0.2, 0) is 0 Å². The summed E-state index contributed by atoms with van der Waals surface area (Å²) in [6.07, 6.45) is -0.502. The summed E-state index contributed by atoms with van der Waals surface area (Å²) in [5.74, 6) is 1.75. The van der Waals surface area contributed by atoms with Crippen LogP contribution in [0.15, 0.2) is 64.0 Å². The largest absolute Gasteiger partial charge is 0.491 e. The van der Waals surface area contributed by atoms with Crippen LogP contribution in [0.4, 0.5) is 0 Å². The minimum absolute atomic E-state index is 0.302. The summed E-state index contributed by atoms with van der Waals surface area (Å²) >= 11 is 5.22. The van der Waals surface area contributed by atoms with Gasteiger partial charge in [0.05, 0.1) is 0 Å². The number of aliphatic hydroxyl groups is 1. The molecule has 0 amide bonds. The van der Waals surface area contributed by atoms with E-state index >= 15 is 0 Å². The zero-order valence-electron chi connectivity index (χ0n) is 12.2. The molecule has 0 aromatic heterocycles. The van der Waals surface area contributed by atoms with Crippen molar-refractivity contribution in [2.24, 2.45) is 0 Å². The molecule has 2 rings (SSSR count). The molecule has 3 nitrogen and oxygen atoms in total. The molecule has 0 aliphatic heterocycles. The average molecular weight is 382 g/mol. The molecule has 5 heteroatoms. The van der Waals surface area contributed by atoms with Gasteiger partial charge in [-0.3, -0.25) is 0 Å². The molecule has 1 unspecified atom stereocenters. The van der Waals surface area contributed by atoms with Crippen LogP contribution in [0.2, 0.25) is 0 Å². The van der Waals surface area contributed by atoms with E-state index in [1.165, 1.54) is 4.90 Å². The Morgan fingerprint density at radius 3 is 2.55 bits per heavy atom. The highest BCUT2D eigenvalue weighted by Gasteiger charge is 2.04. The number of thioether (sulfide) groups is 1. The zero-order chi connectivity index (χ0) is 15.6. The maximum atomic E-state index is 9.86. The third-order valence-electron chi connectivity index (χ3n) is 2.93. The summed E-state index contributed by atoms with van der Waals surface area (Å²) in [6, 6.07) is 17.8. The molecule has 0 fully saturated rings. The van der Waals surface area contributed by atoms with Gasteiger partial charge in [0.15, 0.2) is 0 Å². The van der Waals surface area contributed by atoms with Gasteiger partial charge < -0.3 is 15.2 Å². The molecule has 0 aliphatic carbocycles. The van der Waals surface area contributed by atoms with Crippen molar-refractivity contribution >= 4 is 27.7 Å². The van der Waals surface area contributed by atoms with Crippen molar-refractivity contribution in [3.8, 4) is 5.75 Å². The second-order valence-electron chi connectivity index (χ2n) is 4.78. The quantitative estimate of drug-likeness (QED) is 0.514. The van der Waals surface area contributed by atoms with E-state index in [0.717, 1.165) is 22.5 Å². The summed E-state index contributed by atoms with van der Waals surface area (Å²) in [5.41, 5.74) is 0. The molecule has 0 heterocycles. The van der Waals surface area contributed by atoms with Gasteiger partial charge in [-0.25, -0.2) is 0 Å². The van der Waals surface area contributed by atoms with E-state index in [-0.39, 0.29) is 0 Å². The summed E-state index contributed by atoms with van der Waals surface area (Å²) in [6.45, 7) is 1.69. The van der Waals surface area contributed by atoms with Crippen LogP contribution in [0.25, 0.3) is 0 Å². The highest BCUT2D eigenvalue weighted by atomic mass is 79.9. The number of nitrogens with one attached hydrogen (secondary N) is 1. The second kappa shape index (κ2) is 9.90. The third kappa shape index (κ3) is 6.83. The maximum Gasteiger partial charge on any atom is 0.119 e. The molecule has 0 bridgehead atoms. The summed E-state index contributed by atoms with van der Waals surface area (Å²) < 4.78 is 6.60. The van der Waals surface area contributed by atoms with Crippen molar-refractivity contribution < 1.29 is 9.84 Å². The maximum absolute atomic E-state index is 9.86. The van der Waals surface area contributed by atoms with Gasteiger partial charge in [-0.15, -0.1) is 11.8 Å². The SMILES string of the molecule is OC(CNCCSc1ccc(Br)cc1)COc1ccccc1. The minimum Gasteiger partial charge on any atom is -0.491 e. The average Bonchev–Trinajstić information content (AvgIpc) is 2.55. The Labute approximate surface area is 144 Å². The molecule has 2 aromatic rings. The van der Waals surface area contributed by atoms with Crippen LogP contribution in [-0.4, -0.2) is 36.7 Å². The standard InChI is InChI=1S/C17H20BrNO2S/c18-14-6-8-17(9-7-14)22-11-10-19-12-15(20)13-21-16-4-2-1-3-5-16/h1-9,15,19-20H,10-13H2. The Morgan fingerprint density at radius 2 is 1.82 bits per heavy atom. The molecule has 0 radical (unpaired) electrons. The van der Waals surface area contributed by atoms with Gasteiger partial charge in [0.2, 0.25) is 0 Å². The van der Waals surface area contributed by atoms with Gasteiger partial charge in [0.1, 0.15) is 18.5 Å². The smallest absolute Gasteiger partial charge is 0.119 e. The van der Waals surface area contributed by atoms with E-state index in [4.69, 9.17) is 4.74 Å². The number of halogens is 1. The highest BCUT2D eigenvalue weighted by molar-refractivity contribution is 9.10. The molecular weight excluding hydrogens is 362 g/mol. The van der Waals surface area contributed by atoms with Crippen LogP contribution >= 0.6 is 27.7 Å². The number of benzene rings is 2. The fourth-order valence-electron chi connectivity index (χ4n) is 1.81. The highest BCUT2D eigenvalue weighted by Crippen LogP contribution is 2.19. The van der Waals surface area contributed by atoms with Gasteiger partial charge in [-0.2, -0.15) is 0 Å². The Hall–Kier alpha value is -1.01. The number of para-hydroxylation sites is 1. The van der Waals surface area contributed by atoms with Gasteiger partial charge in [0.25, 0.3) is 0 Å². The molecular formula is C17H20BrNO2S. The second-order valence-corrected chi connectivity index (χ2v) is 6.87. The molecule has 0 saturated heterocycles. The molecule has 22 heavy (non-hydrogen) atoms. The normalized spacial score (nSPS) is 12.1. The Morgan fingerprint density at radius 1 is 1.09 bits per heavy atom. The molecule has 0 saturated carbocycles. The molecule has 2 N–H and O–H groups in total. The van der Waals surface area contributed by atoms with Crippen molar-refractivity contribution in [2.75, 3.05) is 25.4 Å². The van der Waals surface area contributed by atoms with Crippen molar-refractivity contribution in [3.63, 3.8) is 0 Å². The molecule has 0 spiro atoms. The monoisotopic (exact) mass is 381 g/mol. The lowest BCUT2D eigenvalue weighted by Gasteiger charge is -2.13. The number of hydrogen-bond acceptors (Lipinski definition) is 4. The predicted octanol–water partition coefficient (Wildman–Crippen LogP) is 3.57. The van der Waals surface area contributed by atoms with Crippen LogP contribution in [0.1, 0.15) is 0 Å². The van der Waals surface area contributed by atoms with E-state index in [0.29, 0.717) is 13.2 Å². The first-order valence-corrected chi connectivity index (χ1v) is 8.97. The van der Waals surface area contributed by atoms with Crippen molar-refractivity contribution in [3.05, 3.63) is 59.1 Å². The van der Waals surface area contributed by atoms with E-state index in [9.17, 15) is 5.11 Å². The summed E-state index contributed by atoms with van der Waals surface area (Å²) in [7, 11) is 0. The van der Waals surface area contributed by atoms with Crippen LogP contribution < -0.4 is 10.1 Å². The fraction of sp³-hybridized carbons (Fsp3) is 0.294. The number of rotatable bonds is 9. The fourth-order valence-corrected chi connectivity index (χ4v) is 2.88. The Balaban J connectivity index is 1.53. The molecule has 118 valence electrons. The van der Waals surface area contributed by atoms with Crippen LogP contribution in [0, 0.1) is 0 Å². The van der Waals surface area contributed by atoms with Gasteiger partial charge >= 0.3 is 0 Å². The Kier molecular flexibility index (Phi) is 7.80. The van der Waals surface area contributed by atoms with Crippen LogP contribution in [0.3, 0.4) is 0 Å². The van der Waals surface area contributed by atoms with Crippen molar-refractivity contribution in [2.45, 2.75) is 11.0 Å². The van der Waals surface area contributed by atoms with Gasteiger partial charge in [-0.05, 0) is 36.4 Å². The van der Waals surface area contributed by atoms with E-state index in [2.05, 4.69) is 33.4 Å². The number of hydrogen-bond donors (Lipinski definition) is 2. The van der Waals surface area contributed by atoms with E-state index < -0.39 is 6.10 Å². The lowest BCUT2D eigenvalue weighted by Crippen LogP contribution is -2.32. The van der Waals surface area contributed by atoms with Crippen molar-refractivity contribution in [1.82, 2.24) is 5.32 Å². The molecule has 0 aliphatic rings. The molecule has 2 aromatic carbocycles. The zero-order valence-corrected chi connectivity index (χ0v) is 14.6. The predicted molar refractivity (Wildman–Crippen MR) is 95.7 cm³/mol.